The van der Waals surface area contributed by atoms with Crippen LogP contribution in [0.1, 0.15) is 50.9 Å². The molecule has 1 aromatic heterocycles. The summed E-state index contributed by atoms with van der Waals surface area (Å²) in [5, 5.41) is 0. The summed E-state index contributed by atoms with van der Waals surface area (Å²) in [6, 6.07) is 2.33. The molecule has 0 saturated carbocycles. The van der Waals surface area contributed by atoms with Crippen LogP contribution in [0.2, 0.25) is 0 Å². The Bertz CT molecular complexity index is 428. The summed E-state index contributed by atoms with van der Waals surface area (Å²) in [6.07, 6.45) is 2.40. The van der Waals surface area contributed by atoms with Crippen LogP contribution in [0, 0.1) is 12.8 Å². The van der Waals surface area contributed by atoms with Crippen LogP contribution < -0.4 is 10.6 Å². The second kappa shape index (κ2) is 5.87. The zero-order valence-corrected chi connectivity index (χ0v) is 12.6. The van der Waals surface area contributed by atoms with Crippen molar-refractivity contribution in [3.05, 3.63) is 17.5 Å². The van der Waals surface area contributed by atoms with E-state index in [0.717, 1.165) is 30.4 Å². The van der Waals surface area contributed by atoms with Crippen LogP contribution in [0.4, 0.5) is 5.95 Å². The van der Waals surface area contributed by atoms with E-state index in [1.807, 2.05) is 6.92 Å². The monoisotopic (exact) mass is 262 g/mol. The minimum Gasteiger partial charge on any atom is -0.340 e. The Morgan fingerprint density at radius 3 is 2.68 bits per heavy atom. The highest BCUT2D eigenvalue weighted by Crippen LogP contribution is 2.23. The van der Waals surface area contributed by atoms with Gasteiger partial charge in [-0.2, -0.15) is 0 Å². The number of anilines is 1. The smallest absolute Gasteiger partial charge is 0.225 e. The molecule has 1 fully saturated rings. The molecule has 0 aliphatic carbocycles. The molecule has 1 saturated heterocycles. The van der Waals surface area contributed by atoms with Crippen LogP contribution in [-0.4, -0.2) is 29.1 Å². The maximum atomic E-state index is 6.05. The van der Waals surface area contributed by atoms with E-state index in [1.54, 1.807) is 0 Å². The molecule has 2 unspecified atom stereocenters. The lowest BCUT2D eigenvalue weighted by molar-refractivity contribution is 0.361. The lowest BCUT2D eigenvalue weighted by atomic mass is 9.92. The predicted octanol–water partition coefficient (Wildman–Crippen LogP) is 2.47. The Kier molecular flexibility index (Phi) is 4.40. The molecule has 106 valence electrons. The lowest BCUT2D eigenvalue weighted by Crippen LogP contribution is -2.43. The zero-order valence-electron chi connectivity index (χ0n) is 12.6. The van der Waals surface area contributed by atoms with Gasteiger partial charge in [0, 0.05) is 30.5 Å². The van der Waals surface area contributed by atoms with Gasteiger partial charge in [0.05, 0.1) is 0 Å². The average Bonchev–Trinajstić information content (AvgIpc) is 2.38. The van der Waals surface area contributed by atoms with E-state index >= 15 is 0 Å². The van der Waals surface area contributed by atoms with Crippen LogP contribution in [0.25, 0.3) is 0 Å². The summed E-state index contributed by atoms with van der Waals surface area (Å²) in [5.74, 6) is 1.88. The second-order valence-corrected chi connectivity index (χ2v) is 6.10. The number of hydrogen-bond donors (Lipinski definition) is 1. The van der Waals surface area contributed by atoms with Gasteiger partial charge in [0.15, 0.2) is 0 Å². The van der Waals surface area contributed by atoms with Gasteiger partial charge in [-0.25, -0.2) is 9.97 Å². The molecule has 4 nitrogen and oxygen atoms in total. The third kappa shape index (κ3) is 3.44. The average molecular weight is 262 g/mol. The van der Waals surface area contributed by atoms with Gasteiger partial charge >= 0.3 is 0 Å². The Balaban J connectivity index is 2.21. The first-order valence-corrected chi connectivity index (χ1v) is 7.33. The van der Waals surface area contributed by atoms with Crippen molar-refractivity contribution in [2.24, 2.45) is 11.7 Å². The molecule has 2 atom stereocenters. The summed E-state index contributed by atoms with van der Waals surface area (Å²) >= 11 is 0. The minimum atomic E-state index is 0.247. The minimum absolute atomic E-state index is 0.247. The first kappa shape index (κ1) is 14.3. The van der Waals surface area contributed by atoms with Gasteiger partial charge < -0.3 is 10.6 Å². The van der Waals surface area contributed by atoms with Crippen molar-refractivity contribution in [3.8, 4) is 0 Å². The number of piperidine rings is 1. The number of aromatic nitrogens is 2. The van der Waals surface area contributed by atoms with Gasteiger partial charge in [0.2, 0.25) is 5.95 Å². The van der Waals surface area contributed by atoms with E-state index in [9.17, 15) is 0 Å². The fraction of sp³-hybridized carbons (Fsp3) is 0.733. The summed E-state index contributed by atoms with van der Waals surface area (Å²) in [6.45, 7) is 10.5. The van der Waals surface area contributed by atoms with Crippen LogP contribution in [0.15, 0.2) is 6.07 Å². The Morgan fingerprint density at radius 1 is 1.32 bits per heavy atom. The van der Waals surface area contributed by atoms with Crippen LogP contribution in [0.5, 0.6) is 0 Å². The molecule has 2 heterocycles. The van der Waals surface area contributed by atoms with Crippen LogP contribution in [-0.2, 0) is 0 Å². The fourth-order valence-corrected chi connectivity index (χ4v) is 2.63. The Labute approximate surface area is 116 Å². The number of rotatable bonds is 3. The molecule has 0 radical (unpaired) electrons. The Hall–Kier alpha value is -1.16. The summed E-state index contributed by atoms with van der Waals surface area (Å²) in [4.78, 5) is 11.6. The quantitative estimate of drug-likeness (QED) is 0.909. The molecule has 1 aliphatic rings. The molecule has 1 aromatic rings. The molecule has 1 aliphatic heterocycles. The third-order valence-corrected chi connectivity index (χ3v) is 3.94. The van der Waals surface area contributed by atoms with E-state index in [0.29, 0.717) is 11.8 Å². The zero-order chi connectivity index (χ0) is 14.0. The van der Waals surface area contributed by atoms with E-state index in [4.69, 9.17) is 10.7 Å². The van der Waals surface area contributed by atoms with Gasteiger partial charge in [-0.1, -0.05) is 13.8 Å². The Morgan fingerprint density at radius 2 is 2.05 bits per heavy atom. The molecular weight excluding hydrogens is 236 g/mol. The molecule has 0 spiro atoms. The van der Waals surface area contributed by atoms with Crippen molar-refractivity contribution in [2.45, 2.75) is 52.5 Å². The maximum Gasteiger partial charge on any atom is 0.225 e. The number of nitrogens with two attached hydrogens (primary N) is 1. The van der Waals surface area contributed by atoms with Crippen LogP contribution >= 0.6 is 0 Å². The predicted molar refractivity (Wildman–Crippen MR) is 79.4 cm³/mol. The van der Waals surface area contributed by atoms with Crippen molar-refractivity contribution < 1.29 is 0 Å². The third-order valence-electron chi connectivity index (χ3n) is 3.94. The van der Waals surface area contributed by atoms with Crippen molar-refractivity contribution in [3.63, 3.8) is 0 Å². The van der Waals surface area contributed by atoms with Gasteiger partial charge in [-0.15, -0.1) is 0 Å². The molecule has 2 N–H and O–H groups in total. The number of aryl methyl sites for hydroxylation is 1. The van der Waals surface area contributed by atoms with E-state index in [1.165, 1.54) is 12.8 Å². The summed E-state index contributed by atoms with van der Waals surface area (Å²) in [5.41, 5.74) is 8.23. The maximum absolute atomic E-state index is 6.05. The molecular formula is C15H26N4. The first-order valence-electron chi connectivity index (χ1n) is 7.33. The molecule has 4 heteroatoms. The number of nitrogens with zero attached hydrogens (tertiary/aromatic N) is 3. The summed E-state index contributed by atoms with van der Waals surface area (Å²) < 4.78 is 0. The van der Waals surface area contributed by atoms with Gasteiger partial charge in [-0.05, 0) is 44.6 Å². The largest absolute Gasteiger partial charge is 0.340 e. The van der Waals surface area contributed by atoms with Crippen molar-refractivity contribution in [2.75, 3.05) is 18.0 Å². The summed E-state index contributed by atoms with van der Waals surface area (Å²) in [7, 11) is 0. The van der Waals surface area contributed by atoms with Crippen LogP contribution in [0.3, 0.4) is 0 Å². The second-order valence-electron chi connectivity index (χ2n) is 6.10. The van der Waals surface area contributed by atoms with E-state index < -0.39 is 0 Å². The lowest BCUT2D eigenvalue weighted by Gasteiger charge is -2.35. The van der Waals surface area contributed by atoms with Crippen molar-refractivity contribution >= 4 is 5.95 Å². The molecule has 19 heavy (non-hydrogen) atoms. The standard InChI is InChI=1S/C15H26N4/c1-10(2)14-8-11(3)17-15(18-14)19-7-5-6-13(9-19)12(4)16/h8,10,12-13H,5-7,9,16H2,1-4H3. The van der Waals surface area contributed by atoms with Gasteiger partial charge in [-0.3, -0.25) is 0 Å². The fourth-order valence-electron chi connectivity index (χ4n) is 2.63. The van der Waals surface area contributed by atoms with Gasteiger partial charge in [0.1, 0.15) is 0 Å². The first-order chi connectivity index (χ1) is 8.97. The highest BCUT2D eigenvalue weighted by molar-refractivity contribution is 5.34. The molecule has 0 bridgehead atoms. The van der Waals surface area contributed by atoms with E-state index in [-0.39, 0.29) is 6.04 Å². The number of hydrogen-bond acceptors (Lipinski definition) is 4. The SMILES string of the molecule is Cc1cc(C(C)C)nc(N2CCCC(C(C)N)C2)n1. The molecule has 0 aromatic carbocycles. The molecule has 2 rings (SSSR count). The molecule has 0 amide bonds. The van der Waals surface area contributed by atoms with Crippen molar-refractivity contribution in [1.29, 1.82) is 0 Å². The highest BCUT2D eigenvalue weighted by Gasteiger charge is 2.24. The topological polar surface area (TPSA) is 55.0 Å². The highest BCUT2D eigenvalue weighted by atomic mass is 15.3. The normalized spacial score (nSPS) is 21.8. The van der Waals surface area contributed by atoms with Crippen molar-refractivity contribution in [1.82, 2.24) is 9.97 Å². The van der Waals surface area contributed by atoms with E-state index in [2.05, 4.69) is 36.7 Å². The van der Waals surface area contributed by atoms with Gasteiger partial charge in [0.25, 0.3) is 0 Å².